The summed E-state index contributed by atoms with van der Waals surface area (Å²) in [6.07, 6.45) is 4.02. The molecular formula is C15H17FN2O2. The van der Waals surface area contributed by atoms with Gasteiger partial charge in [0.1, 0.15) is 12.4 Å². The Morgan fingerprint density at radius 2 is 2.35 bits per heavy atom. The number of hydrogen-bond donors (Lipinski definition) is 1. The van der Waals surface area contributed by atoms with E-state index < -0.39 is 0 Å². The van der Waals surface area contributed by atoms with Gasteiger partial charge in [-0.1, -0.05) is 0 Å². The molecule has 106 valence electrons. The molecule has 1 aromatic heterocycles. The van der Waals surface area contributed by atoms with Crippen LogP contribution >= 0.6 is 0 Å². The number of halogens is 1. The predicted octanol–water partition coefficient (Wildman–Crippen LogP) is 2.08. The van der Waals surface area contributed by atoms with E-state index in [4.69, 9.17) is 4.74 Å². The monoisotopic (exact) mass is 276 g/mol. The third kappa shape index (κ3) is 2.82. The van der Waals surface area contributed by atoms with E-state index in [0.717, 1.165) is 30.4 Å². The number of benzene rings is 1. The Morgan fingerprint density at radius 3 is 3.15 bits per heavy atom. The first-order valence-corrected chi connectivity index (χ1v) is 6.85. The second kappa shape index (κ2) is 5.63. The molecule has 5 heteroatoms. The molecule has 1 saturated heterocycles. The maximum absolute atomic E-state index is 13.1. The van der Waals surface area contributed by atoms with Crippen molar-refractivity contribution in [3.05, 3.63) is 36.3 Å². The summed E-state index contributed by atoms with van der Waals surface area (Å²) in [5, 5.41) is 3.68. The zero-order valence-electron chi connectivity index (χ0n) is 11.1. The average Bonchev–Trinajstić information content (AvgIpc) is 3.06. The first-order valence-electron chi connectivity index (χ1n) is 6.85. The highest BCUT2D eigenvalue weighted by Crippen LogP contribution is 2.17. The fraction of sp³-hybridized carbons (Fsp3) is 0.400. The number of nitrogens with one attached hydrogen (secondary N) is 1. The van der Waals surface area contributed by atoms with Crippen molar-refractivity contribution in [1.82, 2.24) is 9.88 Å². The fourth-order valence-electron chi connectivity index (χ4n) is 2.55. The number of nitrogens with zero attached hydrogens (tertiary/aromatic N) is 1. The number of amides is 1. The lowest BCUT2D eigenvalue weighted by Crippen LogP contribution is -2.33. The maximum atomic E-state index is 13.1. The van der Waals surface area contributed by atoms with Crippen molar-refractivity contribution >= 4 is 16.8 Å². The second-order valence-electron chi connectivity index (χ2n) is 5.09. The van der Waals surface area contributed by atoms with E-state index in [1.165, 1.54) is 12.1 Å². The van der Waals surface area contributed by atoms with Gasteiger partial charge >= 0.3 is 0 Å². The summed E-state index contributed by atoms with van der Waals surface area (Å²) in [6.45, 7) is 1.59. The lowest BCUT2D eigenvalue weighted by molar-refractivity contribution is -0.122. The first-order chi connectivity index (χ1) is 9.72. The standard InChI is InChI=1S/C15H17FN2O2/c16-12-3-4-14-11(8-12)5-6-18(14)10-15(19)17-9-13-2-1-7-20-13/h3-6,8,13H,1-2,7,9-10H2,(H,17,19). The molecule has 1 aliphatic heterocycles. The lowest BCUT2D eigenvalue weighted by atomic mass is 10.2. The van der Waals surface area contributed by atoms with Gasteiger partial charge in [-0.05, 0) is 37.1 Å². The molecule has 1 aliphatic rings. The number of hydrogen-bond acceptors (Lipinski definition) is 2. The van der Waals surface area contributed by atoms with Crippen molar-refractivity contribution in [3.63, 3.8) is 0 Å². The number of rotatable bonds is 4. The molecule has 20 heavy (non-hydrogen) atoms. The molecule has 0 spiro atoms. The first kappa shape index (κ1) is 13.1. The van der Waals surface area contributed by atoms with Gasteiger partial charge in [0.05, 0.1) is 6.10 Å². The normalized spacial score (nSPS) is 18.6. The number of carbonyl (C=O) groups is 1. The van der Waals surface area contributed by atoms with Gasteiger partial charge in [0, 0.05) is 30.3 Å². The maximum Gasteiger partial charge on any atom is 0.240 e. The highest BCUT2D eigenvalue weighted by Gasteiger charge is 2.16. The average molecular weight is 276 g/mol. The van der Waals surface area contributed by atoms with Crippen LogP contribution in [0.15, 0.2) is 30.5 Å². The lowest BCUT2D eigenvalue weighted by Gasteiger charge is -2.11. The van der Waals surface area contributed by atoms with E-state index >= 15 is 0 Å². The van der Waals surface area contributed by atoms with Crippen LogP contribution < -0.4 is 5.32 Å². The molecular weight excluding hydrogens is 259 g/mol. The zero-order chi connectivity index (χ0) is 13.9. The summed E-state index contributed by atoms with van der Waals surface area (Å²) in [4.78, 5) is 11.9. The molecule has 4 nitrogen and oxygen atoms in total. The molecule has 1 unspecified atom stereocenters. The Labute approximate surface area is 116 Å². The molecule has 0 radical (unpaired) electrons. The van der Waals surface area contributed by atoms with Gasteiger partial charge in [-0.15, -0.1) is 0 Å². The van der Waals surface area contributed by atoms with Crippen LogP contribution in [0.25, 0.3) is 10.9 Å². The summed E-state index contributed by atoms with van der Waals surface area (Å²) >= 11 is 0. The largest absolute Gasteiger partial charge is 0.376 e. The van der Waals surface area contributed by atoms with Gasteiger partial charge in [0.25, 0.3) is 0 Å². The van der Waals surface area contributed by atoms with E-state index in [1.807, 2.05) is 10.6 Å². The van der Waals surface area contributed by atoms with Gasteiger partial charge in [-0.2, -0.15) is 0 Å². The Bertz CT molecular complexity index is 617. The van der Waals surface area contributed by atoms with E-state index in [2.05, 4.69) is 5.32 Å². The SMILES string of the molecule is O=C(Cn1ccc2cc(F)ccc21)NCC1CCCO1. The van der Waals surface area contributed by atoms with Crippen molar-refractivity contribution in [2.24, 2.45) is 0 Å². The second-order valence-corrected chi connectivity index (χ2v) is 5.09. The Kier molecular flexibility index (Phi) is 3.69. The van der Waals surface area contributed by atoms with E-state index in [9.17, 15) is 9.18 Å². The minimum atomic E-state index is -0.266. The van der Waals surface area contributed by atoms with Crippen LogP contribution in [0, 0.1) is 5.82 Å². The molecule has 2 heterocycles. The molecule has 0 saturated carbocycles. The topological polar surface area (TPSA) is 43.3 Å². The van der Waals surface area contributed by atoms with Crippen LogP contribution in [0.1, 0.15) is 12.8 Å². The van der Waals surface area contributed by atoms with Crippen LogP contribution in [0.4, 0.5) is 4.39 Å². The van der Waals surface area contributed by atoms with Crippen LogP contribution in [0.5, 0.6) is 0 Å². The molecule has 0 bridgehead atoms. The number of aromatic nitrogens is 1. The minimum Gasteiger partial charge on any atom is -0.376 e. The number of fused-ring (bicyclic) bond motifs is 1. The van der Waals surface area contributed by atoms with Crippen molar-refractivity contribution in [3.8, 4) is 0 Å². The molecule has 3 rings (SSSR count). The van der Waals surface area contributed by atoms with Gasteiger partial charge in [0.2, 0.25) is 5.91 Å². The van der Waals surface area contributed by atoms with Gasteiger partial charge in [-0.25, -0.2) is 4.39 Å². The van der Waals surface area contributed by atoms with Gasteiger partial charge < -0.3 is 14.6 Å². The smallest absolute Gasteiger partial charge is 0.240 e. The summed E-state index contributed by atoms with van der Waals surface area (Å²) < 4.78 is 20.4. The molecule has 1 atom stereocenters. The Morgan fingerprint density at radius 1 is 1.45 bits per heavy atom. The Hall–Kier alpha value is -1.88. The number of ether oxygens (including phenoxy) is 1. The molecule has 1 aromatic carbocycles. The number of carbonyl (C=O) groups excluding carboxylic acids is 1. The molecule has 1 amide bonds. The van der Waals surface area contributed by atoms with Crippen LogP contribution in [0.2, 0.25) is 0 Å². The quantitative estimate of drug-likeness (QED) is 0.929. The van der Waals surface area contributed by atoms with E-state index in [-0.39, 0.29) is 24.4 Å². The highest BCUT2D eigenvalue weighted by atomic mass is 19.1. The van der Waals surface area contributed by atoms with Gasteiger partial charge in [-0.3, -0.25) is 4.79 Å². The van der Waals surface area contributed by atoms with Crippen molar-refractivity contribution in [2.75, 3.05) is 13.2 Å². The third-order valence-electron chi connectivity index (χ3n) is 3.60. The van der Waals surface area contributed by atoms with Crippen LogP contribution in [0.3, 0.4) is 0 Å². The molecule has 1 fully saturated rings. The molecule has 0 aliphatic carbocycles. The highest BCUT2D eigenvalue weighted by molar-refractivity contribution is 5.83. The summed E-state index contributed by atoms with van der Waals surface area (Å²) in [5.74, 6) is -0.319. The van der Waals surface area contributed by atoms with Crippen molar-refractivity contribution in [2.45, 2.75) is 25.5 Å². The minimum absolute atomic E-state index is 0.0534. The molecule has 2 aromatic rings. The predicted molar refractivity (Wildman–Crippen MR) is 73.9 cm³/mol. The summed E-state index contributed by atoms with van der Waals surface area (Å²) in [7, 11) is 0. The Balaban J connectivity index is 1.62. The zero-order valence-corrected chi connectivity index (χ0v) is 11.1. The fourth-order valence-corrected chi connectivity index (χ4v) is 2.55. The van der Waals surface area contributed by atoms with E-state index in [1.54, 1.807) is 12.3 Å². The van der Waals surface area contributed by atoms with Crippen molar-refractivity contribution < 1.29 is 13.9 Å². The third-order valence-corrected chi connectivity index (χ3v) is 3.60. The van der Waals surface area contributed by atoms with Crippen LogP contribution in [-0.4, -0.2) is 29.7 Å². The molecule has 1 N–H and O–H groups in total. The summed E-state index contributed by atoms with van der Waals surface area (Å²) in [6, 6.07) is 6.38. The van der Waals surface area contributed by atoms with Crippen LogP contribution in [-0.2, 0) is 16.1 Å². The van der Waals surface area contributed by atoms with Gasteiger partial charge in [0.15, 0.2) is 0 Å². The van der Waals surface area contributed by atoms with Crippen molar-refractivity contribution in [1.29, 1.82) is 0 Å². The van der Waals surface area contributed by atoms with E-state index in [0.29, 0.717) is 6.54 Å². The summed E-state index contributed by atoms with van der Waals surface area (Å²) in [5.41, 5.74) is 0.860.